The SMILES string of the molecule is CC(=O)c1ccc2c(C3CCCCC3)c(-c3ccccc3)n3c2c1CCC(C(=O)O)C3. The van der Waals surface area contributed by atoms with Crippen molar-refractivity contribution >= 4 is 22.7 Å². The van der Waals surface area contributed by atoms with Crippen molar-refractivity contribution in [2.45, 2.75) is 64.3 Å². The molecule has 1 aliphatic carbocycles. The van der Waals surface area contributed by atoms with Crippen LogP contribution in [0, 0.1) is 5.92 Å². The van der Waals surface area contributed by atoms with Crippen LogP contribution in [0.2, 0.25) is 0 Å². The zero-order chi connectivity index (χ0) is 21.5. The van der Waals surface area contributed by atoms with Crippen LogP contribution >= 0.6 is 0 Å². The first-order valence-electron chi connectivity index (χ1n) is 11.5. The Labute approximate surface area is 182 Å². The van der Waals surface area contributed by atoms with E-state index in [0.29, 0.717) is 25.3 Å². The number of ketones is 1. The molecule has 2 aromatic carbocycles. The van der Waals surface area contributed by atoms with Crippen molar-refractivity contribution < 1.29 is 14.7 Å². The third-order valence-electron chi connectivity index (χ3n) is 7.30. The molecular formula is C27H29NO3. The zero-order valence-electron chi connectivity index (χ0n) is 18.1. The lowest BCUT2D eigenvalue weighted by Crippen LogP contribution is -2.20. The van der Waals surface area contributed by atoms with Crippen LogP contribution in [0.25, 0.3) is 22.2 Å². The first kappa shape index (κ1) is 20.0. The van der Waals surface area contributed by atoms with Gasteiger partial charge in [-0.3, -0.25) is 9.59 Å². The highest BCUT2D eigenvalue weighted by Gasteiger charge is 2.32. The number of rotatable bonds is 4. The smallest absolute Gasteiger partial charge is 0.308 e. The van der Waals surface area contributed by atoms with E-state index in [0.717, 1.165) is 27.9 Å². The van der Waals surface area contributed by atoms with Gasteiger partial charge in [-0.1, -0.05) is 61.7 Å². The molecule has 0 amide bonds. The molecule has 160 valence electrons. The average Bonchev–Trinajstić information content (AvgIpc) is 2.97. The molecule has 0 bridgehead atoms. The Kier molecular flexibility index (Phi) is 5.17. The summed E-state index contributed by atoms with van der Waals surface area (Å²) in [6.07, 6.45) is 7.30. The summed E-state index contributed by atoms with van der Waals surface area (Å²) in [7, 11) is 0. The van der Waals surface area contributed by atoms with E-state index in [4.69, 9.17) is 0 Å². The summed E-state index contributed by atoms with van der Waals surface area (Å²) in [5.74, 6) is -0.674. The molecule has 1 N–H and O–H groups in total. The number of Topliss-reactive ketones (excluding diaryl/α,β-unsaturated/α-hetero) is 1. The molecular weight excluding hydrogens is 386 g/mol. The number of aliphatic carboxylic acids is 1. The van der Waals surface area contributed by atoms with Gasteiger partial charge in [-0.2, -0.15) is 0 Å². The highest BCUT2D eigenvalue weighted by molar-refractivity contribution is 6.03. The van der Waals surface area contributed by atoms with E-state index in [1.54, 1.807) is 6.92 Å². The van der Waals surface area contributed by atoms with E-state index >= 15 is 0 Å². The first-order chi connectivity index (χ1) is 15.1. The molecule has 0 saturated heterocycles. The summed E-state index contributed by atoms with van der Waals surface area (Å²) in [5, 5.41) is 11.1. The molecule has 5 rings (SSSR count). The van der Waals surface area contributed by atoms with Crippen molar-refractivity contribution in [2.75, 3.05) is 0 Å². The minimum Gasteiger partial charge on any atom is -0.481 e. The van der Waals surface area contributed by atoms with Crippen LogP contribution in [0.3, 0.4) is 0 Å². The predicted octanol–water partition coefficient (Wildman–Crippen LogP) is 6.21. The summed E-state index contributed by atoms with van der Waals surface area (Å²) in [6, 6.07) is 14.5. The number of hydrogen-bond acceptors (Lipinski definition) is 2. The van der Waals surface area contributed by atoms with E-state index in [2.05, 4.69) is 34.9 Å². The molecule has 2 aliphatic rings. The molecule has 1 aromatic heterocycles. The van der Waals surface area contributed by atoms with Crippen LogP contribution in [-0.2, 0) is 17.8 Å². The monoisotopic (exact) mass is 415 g/mol. The van der Waals surface area contributed by atoms with Gasteiger partial charge in [-0.15, -0.1) is 0 Å². The molecule has 1 aliphatic heterocycles. The maximum absolute atomic E-state index is 12.5. The van der Waals surface area contributed by atoms with Crippen LogP contribution in [0.4, 0.5) is 0 Å². The fraction of sp³-hybridized carbons (Fsp3) is 0.407. The lowest BCUT2D eigenvalue weighted by atomic mass is 9.81. The van der Waals surface area contributed by atoms with Crippen LogP contribution < -0.4 is 0 Å². The fourth-order valence-corrected chi connectivity index (χ4v) is 5.86. The van der Waals surface area contributed by atoms with Gasteiger partial charge in [0.25, 0.3) is 0 Å². The number of nitrogens with zero attached hydrogens (tertiary/aromatic N) is 1. The lowest BCUT2D eigenvalue weighted by molar-refractivity contribution is -0.142. The molecule has 0 radical (unpaired) electrons. The maximum atomic E-state index is 12.5. The summed E-state index contributed by atoms with van der Waals surface area (Å²) < 4.78 is 2.25. The zero-order valence-corrected chi connectivity index (χ0v) is 18.1. The van der Waals surface area contributed by atoms with Gasteiger partial charge in [0.15, 0.2) is 5.78 Å². The minimum atomic E-state index is -0.753. The van der Waals surface area contributed by atoms with Crippen LogP contribution in [0.15, 0.2) is 42.5 Å². The van der Waals surface area contributed by atoms with Crippen molar-refractivity contribution in [3.63, 3.8) is 0 Å². The molecule has 1 atom stereocenters. The topological polar surface area (TPSA) is 59.3 Å². The summed E-state index contributed by atoms with van der Waals surface area (Å²) >= 11 is 0. The molecule has 31 heavy (non-hydrogen) atoms. The van der Waals surface area contributed by atoms with E-state index in [1.807, 2.05) is 12.1 Å². The van der Waals surface area contributed by atoms with Crippen LogP contribution in [0.1, 0.15) is 72.9 Å². The summed E-state index contributed by atoms with van der Waals surface area (Å²) in [6.45, 7) is 2.07. The van der Waals surface area contributed by atoms with Gasteiger partial charge in [0.2, 0.25) is 0 Å². The largest absolute Gasteiger partial charge is 0.481 e. The molecule has 4 nitrogen and oxygen atoms in total. The van der Waals surface area contributed by atoms with Gasteiger partial charge < -0.3 is 9.67 Å². The minimum absolute atomic E-state index is 0.0545. The van der Waals surface area contributed by atoms with E-state index in [9.17, 15) is 14.7 Å². The number of carbonyl (C=O) groups excluding carboxylic acids is 1. The number of carbonyl (C=O) groups is 2. The second-order valence-electron chi connectivity index (χ2n) is 9.19. The van der Waals surface area contributed by atoms with Crippen molar-refractivity contribution in [3.05, 3.63) is 59.2 Å². The number of aromatic nitrogens is 1. The van der Waals surface area contributed by atoms with Gasteiger partial charge in [0.1, 0.15) is 0 Å². The van der Waals surface area contributed by atoms with Gasteiger partial charge in [-0.05, 0) is 55.2 Å². The second kappa shape index (κ2) is 7.99. The Morgan fingerprint density at radius 2 is 1.71 bits per heavy atom. The van der Waals surface area contributed by atoms with Gasteiger partial charge in [0, 0.05) is 17.5 Å². The van der Waals surface area contributed by atoms with Gasteiger partial charge in [-0.25, -0.2) is 0 Å². The average molecular weight is 416 g/mol. The predicted molar refractivity (Wildman–Crippen MR) is 123 cm³/mol. The van der Waals surface area contributed by atoms with Crippen molar-refractivity contribution in [3.8, 4) is 11.3 Å². The van der Waals surface area contributed by atoms with Crippen LogP contribution in [0.5, 0.6) is 0 Å². The third kappa shape index (κ3) is 3.38. The number of hydrogen-bond donors (Lipinski definition) is 1. The summed E-state index contributed by atoms with van der Waals surface area (Å²) in [4.78, 5) is 24.5. The molecule has 3 aromatic rings. The molecule has 1 saturated carbocycles. The van der Waals surface area contributed by atoms with Crippen molar-refractivity contribution in [1.29, 1.82) is 0 Å². The van der Waals surface area contributed by atoms with Crippen LogP contribution in [-0.4, -0.2) is 21.4 Å². The Morgan fingerprint density at radius 1 is 0.968 bits per heavy atom. The Hall–Kier alpha value is -2.88. The number of benzene rings is 2. The molecule has 1 unspecified atom stereocenters. The molecule has 2 heterocycles. The number of carboxylic acids is 1. The van der Waals surface area contributed by atoms with Crippen molar-refractivity contribution in [1.82, 2.24) is 4.57 Å². The molecule has 1 fully saturated rings. The second-order valence-corrected chi connectivity index (χ2v) is 9.19. The number of aryl methyl sites for hydroxylation is 1. The van der Waals surface area contributed by atoms with Crippen molar-refractivity contribution in [2.24, 2.45) is 5.92 Å². The van der Waals surface area contributed by atoms with E-state index < -0.39 is 11.9 Å². The Balaban J connectivity index is 1.87. The Morgan fingerprint density at radius 3 is 2.39 bits per heavy atom. The van der Waals surface area contributed by atoms with Gasteiger partial charge in [0.05, 0.1) is 17.1 Å². The number of carboxylic acid groups (broad SMARTS) is 1. The standard InChI is InChI=1S/C27H29NO3/c1-17(29)21-14-15-23-24(18-8-4-2-5-9-18)25(19-10-6-3-7-11-19)28-16-20(27(30)31)12-13-22(21)26(23)28/h3,6-7,10-11,14-15,18,20H,2,4-5,8-9,12-13,16H2,1H3,(H,30,31). The third-order valence-corrected chi connectivity index (χ3v) is 7.30. The normalized spacial score (nSPS) is 19.3. The Bertz CT molecular complexity index is 1150. The fourth-order valence-electron chi connectivity index (χ4n) is 5.86. The van der Waals surface area contributed by atoms with Gasteiger partial charge >= 0.3 is 5.97 Å². The molecule has 4 heteroatoms. The highest BCUT2D eigenvalue weighted by atomic mass is 16.4. The summed E-state index contributed by atoms with van der Waals surface area (Å²) in [5.41, 5.74) is 6.54. The highest BCUT2D eigenvalue weighted by Crippen LogP contribution is 2.46. The quantitative estimate of drug-likeness (QED) is 0.516. The lowest BCUT2D eigenvalue weighted by Gasteiger charge is -2.24. The van der Waals surface area contributed by atoms with E-state index in [1.165, 1.54) is 43.1 Å². The van der Waals surface area contributed by atoms with E-state index in [-0.39, 0.29) is 5.78 Å². The molecule has 0 spiro atoms. The first-order valence-corrected chi connectivity index (χ1v) is 11.5. The maximum Gasteiger partial charge on any atom is 0.308 e.